The van der Waals surface area contributed by atoms with Crippen LogP contribution in [0.3, 0.4) is 0 Å². The molecule has 6 heteroatoms. The van der Waals surface area contributed by atoms with Crippen LogP contribution in [0, 0.1) is 5.92 Å². The van der Waals surface area contributed by atoms with Crippen molar-refractivity contribution >= 4 is 33.5 Å². The zero-order chi connectivity index (χ0) is 13.3. The predicted octanol–water partition coefficient (Wildman–Crippen LogP) is 1.58. The first-order valence-corrected chi connectivity index (χ1v) is 6.32. The molecule has 0 bridgehead atoms. The van der Waals surface area contributed by atoms with Crippen LogP contribution in [0.1, 0.15) is 16.8 Å². The number of aliphatic carboxylic acids is 1. The van der Waals surface area contributed by atoms with Crippen molar-refractivity contribution in [3.8, 4) is 0 Å². The summed E-state index contributed by atoms with van der Waals surface area (Å²) in [5.74, 6) is -0.903. The molecule has 1 amide bonds. The van der Waals surface area contributed by atoms with Gasteiger partial charge in [0.15, 0.2) is 0 Å². The van der Waals surface area contributed by atoms with E-state index in [0.717, 1.165) is 4.47 Å². The lowest BCUT2D eigenvalue weighted by molar-refractivity contribution is -0.139. The summed E-state index contributed by atoms with van der Waals surface area (Å²) in [5.41, 5.74) is 6.67. The number of carbonyl (C=O) groups is 2. The molecule has 0 radical (unpaired) electrons. The van der Waals surface area contributed by atoms with Gasteiger partial charge in [0.2, 0.25) is 0 Å². The van der Waals surface area contributed by atoms with Gasteiger partial charge in [0.05, 0.1) is 12.0 Å². The van der Waals surface area contributed by atoms with Crippen LogP contribution in [0.2, 0.25) is 0 Å². The van der Waals surface area contributed by atoms with E-state index in [2.05, 4.69) is 15.9 Å². The number of benzene rings is 1. The number of carbonyl (C=O) groups excluding carboxylic acids is 1. The number of carboxylic acids is 1. The zero-order valence-corrected chi connectivity index (χ0v) is 11.2. The fourth-order valence-corrected chi connectivity index (χ4v) is 2.39. The van der Waals surface area contributed by atoms with Gasteiger partial charge >= 0.3 is 5.97 Å². The summed E-state index contributed by atoms with van der Waals surface area (Å²) in [6.07, 6.45) is 0.111. The Kier molecular flexibility index (Phi) is 3.56. The van der Waals surface area contributed by atoms with E-state index in [0.29, 0.717) is 24.3 Å². The van der Waals surface area contributed by atoms with Crippen LogP contribution in [0.5, 0.6) is 0 Å². The highest BCUT2D eigenvalue weighted by Gasteiger charge is 2.33. The van der Waals surface area contributed by atoms with Gasteiger partial charge in [-0.3, -0.25) is 9.59 Å². The summed E-state index contributed by atoms with van der Waals surface area (Å²) in [6.45, 7) is 0.973. The Morgan fingerprint density at radius 2 is 2.11 bits per heavy atom. The van der Waals surface area contributed by atoms with E-state index in [-0.39, 0.29) is 18.2 Å². The van der Waals surface area contributed by atoms with Gasteiger partial charge in [0.25, 0.3) is 5.91 Å². The molecule has 1 aliphatic rings. The first kappa shape index (κ1) is 12.9. The van der Waals surface area contributed by atoms with Crippen molar-refractivity contribution < 1.29 is 14.7 Å². The highest BCUT2D eigenvalue weighted by atomic mass is 79.9. The van der Waals surface area contributed by atoms with Crippen LogP contribution >= 0.6 is 15.9 Å². The molecule has 0 saturated carbocycles. The molecular weight excluding hydrogens is 300 g/mol. The fourth-order valence-electron chi connectivity index (χ4n) is 2.01. The summed E-state index contributed by atoms with van der Waals surface area (Å²) >= 11 is 3.28. The van der Waals surface area contributed by atoms with E-state index in [1.54, 1.807) is 23.1 Å². The average Bonchev–Trinajstić information content (AvgIpc) is 2.21. The number of likely N-dealkylation sites (tertiary alicyclic amines) is 1. The number of nitrogens with zero attached hydrogens (tertiary/aromatic N) is 1. The van der Waals surface area contributed by atoms with Gasteiger partial charge < -0.3 is 15.7 Å². The molecule has 0 spiro atoms. The second-order valence-corrected chi connectivity index (χ2v) is 5.32. The largest absolute Gasteiger partial charge is 0.481 e. The van der Waals surface area contributed by atoms with Crippen molar-refractivity contribution in [3.05, 3.63) is 28.2 Å². The molecule has 1 aliphatic heterocycles. The monoisotopic (exact) mass is 312 g/mol. The molecule has 5 nitrogen and oxygen atoms in total. The standard InChI is InChI=1S/C12H13BrN2O3/c13-8-1-2-9(10(14)4-8)12(18)15-5-7(6-15)3-11(16)17/h1-2,4,7H,3,5-6,14H2,(H,16,17). The maximum absolute atomic E-state index is 12.1. The predicted molar refractivity (Wildman–Crippen MR) is 70.2 cm³/mol. The minimum Gasteiger partial charge on any atom is -0.481 e. The van der Waals surface area contributed by atoms with E-state index in [4.69, 9.17) is 10.8 Å². The Balaban J connectivity index is 1.99. The lowest BCUT2D eigenvalue weighted by Gasteiger charge is -2.38. The lowest BCUT2D eigenvalue weighted by Crippen LogP contribution is -2.50. The molecule has 1 saturated heterocycles. The van der Waals surface area contributed by atoms with Crippen molar-refractivity contribution in [2.45, 2.75) is 6.42 Å². The molecule has 0 unspecified atom stereocenters. The minimum absolute atomic E-state index is 0.0584. The highest BCUT2D eigenvalue weighted by Crippen LogP contribution is 2.25. The molecule has 0 atom stereocenters. The number of carboxylic acid groups (broad SMARTS) is 1. The number of hydrogen-bond acceptors (Lipinski definition) is 3. The Hall–Kier alpha value is -1.56. The Morgan fingerprint density at radius 3 is 2.67 bits per heavy atom. The highest BCUT2D eigenvalue weighted by molar-refractivity contribution is 9.10. The maximum atomic E-state index is 12.1. The number of nitrogens with two attached hydrogens (primary N) is 1. The summed E-state index contributed by atoms with van der Waals surface area (Å²) in [7, 11) is 0. The molecular formula is C12H13BrN2O3. The molecule has 0 aromatic heterocycles. The summed E-state index contributed by atoms with van der Waals surface area (Å²) < 4.78 is 0.823. The molecule has 1 fully saturated rings. The third-order valence-corrected chi connectivity index (χ3v) is 3.44. The van der Waals surface area contributed by atoms with Gasteiger partial charge in [-0.15, -0.1) is 0 Å². The van der Waals surface area contributed by atoms with Crippen LogP contribution in [0.25, 0.3) is 0 Å². The molecule has 3 N–H and O–H groups in total. The minimum atomic E-state index is -0.824. The fraction of sp³-hybridized carbons (Fsp3) is 0.333. The van der Waals surface area contributed by atoms with Crippen molar-refractivity contribution in [2.75, 3.05) is 18.8 Å². The number of rotatable bonds is 3. The third kappa shape index (κ3) is 2.64. The second-order valence-electron chi connectivity index (χ2n) is 4.41. The third-order valence-electron chi connectivity index (χ3n) is 2.95. The maximum Gasteiger partial charge on any atom is 0.303 e. The van der Waals surface area contributed by atoms with E-state index in [9.17, 15) is 9.59 Å². The smallest absolute Gasteiger partial charge is 0.303 e. The Morgan fingerprint density at radius 1 is 1.44 bits per heavy atom. The van der Waals surface area contributed by atoms with Crippen LogP contribution in [-0.4, -0.2) is 35.0 Å². The Bertz CT molecular complexity index is 498. The van der Waals surface area contributed by atoms with Crippen LogP contribution < -0.4 is 5.73 Å². The quantitative estimate of drug-likeness (QED) is 0.830. The van der Waals surface area contributed by atoms with Gasteiger partial charge in [-0.05, 0) is 18.2 Å². The van der Waals surface area contributed by atoms with Crippen LogP contribution in [0.4, 0.5) is 5.69 Å². The first-order valence-electron chi connectivity index (χ1n) is 5.53. The molecule has 1 aromatic carbocycles. The summed E-state index contributed by atoms with van der Waals surface area (Å²) in [4.78, 5) is 24.2. The number of halogens is 1. The summed E-state index contributed by atoms with van der Waals surface area (Å²) in [6, 6.07) is 5.12. The van der Waals surface area contributed by atoms with E-state index in [1.807, 2.05) is 0 Å². The SMILES string of the molecule is Nc1cc(Br)ccc1C(=O)N1CC(CC(=O)O)C1. The molecule has 0 aliphatic carbocycles. The van der Waals surface area contributed by atoms with Crippen LogP contribution in [0.15, 0.2) is 22.7 Å². The number of amides is 1. The van der Waals surface area contributed by atoms with Crippen molar-refractivity contribution in [3.63, 3.8) is 0 Å². The van der Waals surface area contributed by atoms with Gasteiger partial charge in [-0.25, -0.2) is 0 Å². The number of nitrogen functional groups attached to an aromatic ring is 1. The average molecular weight is 313 g/mol. The molecule has 2 rings (SSSR count). The summed E-state index contributed by atoms with van der Waals surface area (Å²) in [5, 5.41) is 8.64. The Labute approximate surface area is 113 Å². The first-order chi connectivity index (χ1) is 8.47. The van der Waals surface area contributed by atoms with Crippen molar-refractivity contribution in [1.29, 1.82) is 0 Å². The normalized spacial score (nSPS) is 15.3. The zero-order valence-electron chi connectivity index (χ0n) is 9.60. The second kappa shape index (κ2) is 4.97. The van der Waals surface area contributed by atoms with Gasteiger partial charge in [0, 0.05) is 29.2 Å². The molecule has 96 valence electrons. The van der Waals surface area contributed by atoms with E-state index >= 15 is 0 Å². The lowest BCUT2D eigenvalue weighted by atomic mass is 9.95. The molecule has 18 heavy (non-hydrogen) atoms. The van der Waals surface area contributed by atoms with Crippen molar-refractivity contribution in [1.82, 2.24) is 4.90 Å². The van der Waals surface area contributed by atoms with Crippen LogP contribution in [-0.2, 0) is 4.79 Å². The van der Waals surface area contributed by atoms with Gasteiger partial charge in [-0.1, -0.05) is 15.9 Å². The topological polar surface area (TPSA) is 83.6 Å². The van der Waals surface area contributed by atoms with E-state index < -0.39 is 5.97 Å². The molecule has 1 aromatic rings. The van der Waals surface area contributed by atoms with E-state index in [1.165, 1.54) is 0 Å². The van der Waals surface area contributed by atoms with Crippen molar-refractivity contribution in [2.24, 2.45) is 5.92 Å². The number of anilines is 1. The van der Waals surface area contributed by atoms with Gasteiger partial charge in [0.1, 0.15) is 0 Å². The van der Waals surface area contributed by atoms with Gasteiger partial charge in [-0.2, -0.15) is 0 Å². The number of hydrogen-bond donors (Lipinski definition) is 2. The molecule has 1 heterocycles.